The molecule has 41 heteroatoms. The van der Waals surface area contributed by atoms with Crippen molar-refractivity contribution in [1.82, 2.24) is 118 Å². The zero-order valence-corrected chi connectivity index (χ0v) is 74.5. The van der Waals surface area contributed by atoms with Crippen LogP contribution in [0.15, 0.2) is 86.7 Å². The number of hydrogen-bond donors (Lipinski definition) is 10. The van der Waals surface area contributed by atoms with E-state index < -0.39 is 17.3 Å². The van der Waals surface area contributed by atoms with E-state index in [1.807, 2.05) is 187 Å². The van der Waals surface area contributed by atoms with Gasteiger partial charge in [0.15, 0.2) is 35.8 Å². The maximum atomic E-state index is 10.7. The lowest BCUT2D eigenvalue weighted by molar-refractivity contribution is -0.140. The molecule has 8 aromatic heterocycles. The minimum absolute atomic E-state index is 0. The van der Waals surface area contributed by atoms with E-state index in [0.717, 1.165) is 46.4 Å². The maximum absolute atomic E-state index is 10.7. The fourth-order valence-corrected chi connectivity index (χ4v) is 7.30. The van der Waals surface area contributed by atoms with Gasteiger partial charge in [-0.3, -0.25) is 48.8 Å². The molecule has 0 radical (unpaired) electrons. The van der Waals surface area contributed by atoms with Crippen LogP contribution in [0.2, 0.25) is 0 Å². The second kappa shape index (κ2) is 60.6. The molecule has 0 unspecified atom stereocenters. The predicted molar refractivity (Wildman–Crippen MR) is 523 cm³/mol. The van der Waals surface area contributed by atoms with Crippen LogP contribution in [0.5, 0.6) is 0 Å². The van der Waals surface area contributed by atoms with E-state index in [-0.39, 0.29) is 185 Å². The first-order valence-corrected chi connectivity index (χ1v) is 37.0. The third-order valence-electron chi connectivity index (χ3n) is 14.3. The van der Waals surface area contributed by atoms with Gasteiger partial charge in [-0.05, 0) is 0 Å². The van der Waals surface area contributed by atoms with Crippen LogP contribution in [0.4, 0.5) is 0 Å². The first kappa shape index (κ1) is 146. The summed E-state index contributed by atoms with van der Waals surface area (Å²) in [5.41, 5.74) is 3.62. The van der Waals surface area contributed by atoms with Gasteiger partial charge in [-0.1, -0.05) is 372 Å². The highest BCUT2D eigenvalue weighted by Gasteiger charge is 2.30. The van der Waals surface area contributed by atoms with Crippen LogP contribution in [-0.4, -0.2) is 161 Å². The van der Waals surface area contributed by atoms with E-state index in [1.54, 1.807) is 0 Å². The molecular formula is C87H181N29O12. The Morgan fingerprint density at radius 2 is 0.812 bits per heavy atom. The van der Waals surface area contributed by atoms with Crippen molar-refractivity contribution in [2.75, 3.05) is 13.2 Å². The molecule has 0 spiro atoms. The van der Waals surface area contributed by atoms with Crippen LogP contribution in [0.3, 0.4) is 0 Å². The zero-order chi connectivity index (χ0) is 89.0. The molecule has 4 aliphatic rings. The van der Waals surface area contributed by atoms with Crippen molar-refractivity contribution in [3.05, 3.63) is 108 Å². The quantitative estimate of drug-likeness (QED) is 0.0630. The summed E-state index contributed by atoms with van der Waals surface area (Å²) in [6, 6.07) is 0. The summed E-state index contributed by atoms with van der Waals surface area (Å²) in [6.45, 7) is 73.5. The van der Waals surface area contributed by atoms with Crippen molar-refractivity contribution >= 4 is 40.9 Å². The number of tetrazole rings is 1. The van der Waals surface area contributed by atoms with Gasteiger partial charge in [-0.15, -0.1) is 20.4 Å². The van der Waals surface area contributed by atoms with Crippen LogP contribution in [0.25, 0.3) is 0 Å². The molecule has 41 nitrogen and oxygen atoms in total. The number of rotatable bonds is 0. The molecule has 0 atom stereocenters. The average molecular weight is 1830 g/mol. The van der Waals surface area contributed by atoms with E-state index in [2.05, 4.69) is 229 Å². The van der Waals surface area contributed by atoms with E-state index in [9.17, 15) is 33.6 Å². The summed E-state index contributed by atoms with van der Waals surface area (Å²) >= 11 is 0. The fraction of sp³-hybridized carbons (Fsp3) is 0.747. The van der Waals surface area contributed by atoms with Gasteiger partial charge in [-0.25, -0.2) is 54.6 Å². The van der Waals surface area contributed by atoms with Crippen LogP contribution in [-0.2, 0) is 62.5 Å². The molecule has 0 aromatic carbocycles. The first-order valence-electron chi connectivity index (χ1n) is 37.0. The van der Waals surface area contributed by atoms with Crippen molar-refractivity contribution in [2.24, 2.45) is 52.1 Å². The Balaban J connectivity index is -0.000000102. The number of aromatic amines is 8. The number of amides is 2. The summed E-state index contributed by atoms with van der Waals surface area (Å²) in [5, 5.41) is 67.4. The third-order valence-corrected chi connectivity index (χ3v) is 14.3. The molecule has 0 fully saturated rings. The largest absolute Gasteiger partial charge is 0.438 e. The molecule has 0 saturated heterocycles. The summed E-state index contributed by atoms with van der Waals surface area (Å²) in [4.78, 5) is 106. The van der Waals surface area contributed by atoms with Gasteiger partial charge in [0.2, 0.25) is 24.1 Å². The van der Waals surface area contributed by atoms with E-state index >= 15 is 0 Å². The summed E-state index contributed by atoms with van der Waals surface area (Å²) in [7, 11) is 0. The van der Waals surface area contributed by atoms with Gasteiger partial charge >= 0.3 is 28.9 Å². The number of carbonyl (C=O) groups is 3. The number of aromatic nitrogens is 21. The fourth-order valence-electron chi connectivity index (χ4n) is 7.30. The predicted octanol–water partition coefficient (Wildman–Crippen LogP) is 19.4. The number of amidine groups is 2. The van der Waals surface area contributed by atoms with Gasteiger partial charge in [0.05, 0.1) is 24.3 Å². The van der Waals surface area contributed by atoms with Gasteiger partial charge in [0, 0.05) is 65.0 Å². The Hall–Kier alpha value is -11.1. The Kier molecular flexibility index (Phi) is 68.9. The number of carbonyl (C=O) groups excluding carboxylic acids is 3. The summed E-state index contributed by atoms with van der Waals surface area (Å²) in [5.74, 6) is 5.61. The van der Waals surface area contributed by atoms with E-state index in [4.69, 9.17) is 4.42 Å². The SMILES string of the molecule is C.C.C.C.C.C.C.C.C.C.C.C.C.CC(C)(C)C1=NCC(=O)N1.CC(C)(C)C1=NCN=N1.CC(C)(C)C1=NNC(=O)C1.CC(C)(C)C1=NOC(=O)C1.CC(C)(C)c1n[nH]c(=O)[nH]1.CC(C)(C)c1n[nH]c(=O)o1.CC(C)(C)c1ncn[nH]1.CC(C)(C)c1ncn[nH]1.CC(C)(C)c1ncon1.CC(C)(C)c1nn[nH]n1.CC(C)(C)c1noc(=O)[nH]1.CC(C)(C)c1noc(=O)[nH]1. The monoisotopic (exact) mass is 1820 g/mol. The topological polar surface area (TPSA) is 573 Å². The maximum Gasteiger partial charge on any atom is 0.438 e. The minimum atomic E-state index is -0.495. The highest BCUT2D eigenvalue weighted by Crippen LogP contribution is 2.26. The first-order chi connectivity index (χ1) is 52.0. The molecular weight excluding hydrogens is 1640 g/mol. The van der Waals surface area contributed by atoms with Gasteiger partial charge < -0.3 is 19.1 Å². The van der Waals surface area contributed by atoms with Crippen molar-refractivity contribution in [2.45, 2.75) is 402 Å². The Morgan fingerprint density at radius 1 is 0.375 bits per heavy atom. The Labute approximate surface area is 767 Å². The molecule has 746 valence electrons. The number of hydrazone groups is 1. The van der Waals surface area contributed by atoms with Crippen molar-refractivity contribution < 1.29 is 37.2 Å². The molecule has 10 N–H and O–H groups in total. The molecule has 128 heavy (non-hydrogen) atoms. The second-order valence-corrected chi connectivity index (χ2v) is 38.5. The van der Waals surface area contributed by atoms with Crippen LogP contribution < -0.4 is 33.7 Å². The molecule has 0 bridgehead atoms. The van der Waals surface area contributed by atoms with Crippen LogP contribution >= 0.6 is 0 Å². The second-order valence-electron chi connectivity index (χ2n) is 38.5. The minimum Gasteiger partial charge on any atom is -0.392 e. The standard InChI is InChI=1S/2C7H12N2O.C7H11NO2.C6H11N3O.3C6H11N3.3C6H10N2O2.C6H10N2O.C5H10N4.13CH4/c1-7(2,3)6-8-4-5(10)9-6;1-7(2,3)5-4-6(10)9-8-5;1-7(2,3)5-4-6(9)10-8-5;1-6(2,3)4-7-5(10)9-8-4;3*1-6(2,3)5-7-4-8-9-5;1-6(2,3)4-7-8-5(9)10-4;2*1-6(2,3)4-7-5(9)10-8-4;1-6(2,3)5-7-4-9-8-5;1-5(2,3)4-6-8-9-7-4;;;;;;;;;;;;;/h4H2,1-3H3,(H,8,9,10);4H2,1-3H3,(H,9,10);4H2,1-3H3;1-3H3,(H2,7,8,9,10);4H2,1-3H3;2*4H,1-3H3,(H,7,8,9);1-3H3,(H,8,9);2*1-3H3,(H,7,8,9);4H,1-3H3;1-3H3,(H,6,7,8,9);13*1H4. The van der Waals surface area contributed by atoms with Crippen LogP contribution in [0.1, 0.15) is 405 Å². The molecule has 4 aliphatic heterocycles. The van der Waals surface area contributed by atoms with Crippen molar-refractivity contribution in [1.29, 1.82) is 0 Å². The number of nitrogens with zero attached hydrogens (tertiary/aromatic N) is 19. The van der Waals surface area contributed by atoms with Crippen molar-refractivity contribution in [3.8, 4) is 0 Å². The number of aliphatic imine (C=N–C) groups is 2. The smallest absolute Gasteiger partial charge is 0.392 e. The molecule has 0 saturated carbocycles. The van der Waals surface area contributed by atoms with Crippen LogP contribution in [0, 0.1) is 21.7 Å². The average Bonchev–Trinajstić information content (AvgIpc) is 1.73. The van der Waals surface area contributed by atoms with Gasteiger partial charge in [0.1, 0.15) is 42.5 Å². The molecule has 12 rings (SSSR count). The Morgan fingerprint density at radius 3 is 0.969 bits per heavy atom. The zero-order valence-electron chi connectivity index (χ0n) is 74.5. The summed E-state index contributed by atoms with van der Waals surface area (Å²) in [6.07, 6.45) is 5.22. The van der Waals surface area contributed by atoms with Gasteiger partial charge in [-0.2, -0.15) is 35.7 Å². The number of azo groups is 1. The lowest BCUT2D eigenvalue weighted by Crippen LogP contribution is -2.34. The lowest BCUT2D eigenvalue weighted by Gasteiger charge is -2.17. The number of H-pyrrole nitrogens is 8. The van der Waals surface area contributed by atoms with E-state index in [0.29, 0.717) is 49.4 Å². The lowest BCUT2D eigenvalue weighted by atomic mass is 9.88. The number of hydrogen-bond acceptors (Lipinski definition) is 31. The molecule has 0 aliphatic carbocycles. The molecule has 2 amide bonds. The van der Waals surface area contributed by atoms with Crippen molar-refractivity contribution in [3.63, 3.8) is 0 Å². The number of nitrogens with one attached hydrogen (secondary N) is 10. The number of oxime groups is 1. The normalized spacial score (nSPS) is 12.7. The molecule has 8 aromatic rings. The highest BCUT2D eigenvalue weighted by molar-refractivity contribution is 6.07. The van der Waals surface area contributed by atoms with E-state index in [1.165, 1.54) is 19.0 Å². The summed E-state index contributed by atoms with van der Waals surface area (Å²) < 4.78 is 18.0. The molecule has 12 heterocycles. The highest BCUT2D eigenvalue weighted by atomic mass is 16.7. The Bertz CT molecular complexity index is 4060. The van der Waals surface area contributed by atoms with Gasteiger partial charge in [0.25, 0.3) is 0 Å². The third kappa shape index (κ3) is 59.1.